The summed E-state index contributed by atoms with van der Waals surface area (Å²) in [5.41, 5.74) is 5.27. The zero-order valence-electron chi connectivity index (χ0n) is 17.8. The summed E-state index contributed by atoms with van der Waals surface area (Å²) in [6.45, 7) is 4.06. The number of hydrogen-bond acceptors (Lipinski definition) is 5. The number of rotatable bonds is 6. The first-order chi connectivity index (χ1) is 15.6. The van der Waals surface area contributed by atoms with Crippen molar-refractivity contribution >= 4 is 33.4 Å². The molecule has 5 nitrogen and oxygen atoms in total. The second kappa shape index (κ2) is 9.75. The molecule has 4 aromatic rings. The molecular weight excluding hydrogens is 466 g/mol. The molecule has 0 unspecified atom stereocenters. The molecule has 0 spiro atoms. The van der Waals surface area contributed by atoms with Crippen LogP contribution in [0, 0.1) is 6.92 Å². The molecule has 32 heavy (non-hydrogen) atoms. The highest BCUT2D eigenvalue weighted by atomic mass is 79.9. The third-order valence-corrected chi connectivity index (χ3v) is 5.85. The second-order valence-electron chi connectivity index (χ2n) is 7.19. The number of nitrogens with zero attached hydrogens (tertiary/aromatic N) is 2. The van der Waals surface area contributed by atoms with Gasteiger partial charge in [0.2, 0.25) is 0 Å². The number of carbonyl (C=O) groups is 1. The quantitative estimate of drug-likeness (QED) is 0.303. The number of benzene rings is 3. The maximum absolute atomic E-state index is 13.2. The van der Waals surface area contributed by atoms with Crippen molar-refractivity contribution in [3.05, 3.63) is 94.5 Å². The fourth-order valence-electron chi connectivity index (χ4n) is 3.42. The average molecular weight is 488 g/mol. The molecule has 0 bridgehead atoms. The van der Waals surface area contributed by atoms with E-state index < -0.39 is 5.97 Å². The minimum absolute atomic E-state index is 0.256. The molecule has 0 saturated heterocycles. The number of ether oxygens (including phenoxy) is 1. The largest absolute Gasteiger partial charge is 0.462 e. The molecule has 0 fully saturated rings. The first-order valence-corrected chi connectivity index (χ1v) is 11.1. The molecule has 4 rings (SSSR count). The summed E-state index contributed by atoms with van der Waals surface area (Å²) in [6, 6.07) is 25.3. The maximum Gasteiger partial charge on any atom is 0.342 e. The van der Waals surface area contributed by atoms with E-state index in [2.05, 4.69) is 31.4 Å². The van der Waals surface area contributed by atoms with Gasteiger partial charge in [0.15, 0.2) is 5.82 Å². The highest BCUT2D eigenvalue weighted by molar-refractivity contribution is 9.10. The Hall–Kier alpha value is -3.51. The maximum atomic E-state index is 13.2. The summed E-state index contributed by atoms with van der Waals surface area (Å²) in [5.74, 6) is -0.107. The van der Waals surface area contributed by atoms with Crippen LogP contribution in [0.15, 0.2) is 83.3 Å². The van der Waals surface area contributed by atoms with Crippen molar-refractivity contribution in [3.8, 4) is 22.4 Å². The summed E-state index contributed by atoms with van der Waals surface area (Å²) < 4.78 is 6.40. The van der Waals surface area contributed by atoms with Crippen LogP contribution in [-0.2, 0) is 4.74 Å². The predicted octanol–water partition coefficient (Wildman–Crippen LogP) is 6.80. The zero-order valence-corrected chi connectivity index (χ0v) is 19.4. The number of hydrogen-bond donors (Lipinski definition) is 1. The van der Waals surface area contributed by atoms with E-state index in [1.54, 1.807) is 6.92 Å². The van der Waals surface area contributed by atoms with Crippen LogP contribution in [0.2, 0.25) is 0 Å². The standard InChI is InChI=1S/C26H22BrN3O2/c1-3-32-26(31)23-22(18-10-6-4-7-11-18)24(19-12-8-5-9-13-19)29-30-25(23)28-20-15-14-17(2)21(27)16-20/h4-16H,3H2,1-2H3,(H,28,30). The van der Waals surface area contributed by atoms with E-state index in [4.69, 9.17) is 4.74 Å². The lowest BCUT2D eigenvalue weighted by atomic mass is 9.95. The highest BCUT2D eigenvalue weighted by Crippen LogP contribution is 2.37. The molecule has 0 radical (unpaired) electrons. The van der Waals surface area contributed by atoms with E-state index in [0.717, 1.165) is 26.9 Å². The monoisotopic (exact) mass is 487 g/mol. The predicted molar refractivity (Wildman–Crippen MR) is 131 cm³/mol. The van der Waals surface area contributed by atoms with Gasteiger partial charge in [0.1, 0.15) is 11.3 Å². The SMILES string of the molecule is CCOC(=O)c1c(Nc2ccc(C)c(Br)c2)nnc(-c2ccccc2)c1-c1ccccc1. The number of halogens is 1. The topological polar surface area (TPSA) is 64.1 Å². The van der Waals surface area contributed by atoms with Crippen LogP contribution >= 0.6 is 15.9 Å². The summed E-state index contributed by atoms with van der Waals surface area (Å²) in [6.07, 6.45) is 0. The van der Waals surface area contributed by atoms with Gasteiger partial charge in [0.05, 0.1) is 6.61 Å². The summed E-state index contributed by atoms with van der Waals surface area (Å²) >= 11 is 3.56. The van der Waals surface area contributed by atoms with Crippen LogP contribution in [0.1, 0.15) is 22.8 Å². The molecule has 0 amide bonds. The zero-order chi connectivity index (χ0) is 22.5. The van der Waals surface area contributed by atoms with Crippen molar-refractivity contribution in [2.75, 3.05) is 11.9 Å². The molecule has 0 aliphatic heterocycles. The Morgan fingerprint density at radius 1 is 0.938 bits per heavy atom. The van der Waals surface area contributed by atoms with Gasteiger partial charge in [-0.2, -0.15) is 0 Å². The van der Waals surface area contributed by atoms with Crippen molar-refractivity contribution in [2.45, 2.75) is 13.8 Å². The lowest BCUT2D eigenvalue weighted by Crippen LogP contribution is -2.13. The molecule has 1 N–H and O–H groups in total. The lowest BCUT2D eigenvalue weighted by Gasteiger charge is -2.17. The van der Waals surface area contributed by atoms with E-state index in [1.807, 2.05) is 85.8 Å². The molecule has 1 heterocycles. The van der Waals surface area contributed by atoms with Crippen molar-refractivity contribution in [2.24, 2.45) is 0 Å². The van der Waals surface area contributed by atoms with E-state index in [-0.39, 0.29) is 6.61 Å². The Bertz CT molecular complexity index is 1240. The van der Waals surface area contributed by atoms with Gasteiger partial charge >= 0.3 is 5.97 Å². The van der Waals surface area contributed by atoms with E-state index in [1.165, 1.54) is 0 Å². The van der Waals surface area contributed by atoms with Gasteiger partial charge in [0, 0.05) is 21.3 Å². The highest BCUT2D eigenvalue weighted by Gasteiger charge is 2.25. The smallest absolute Gasteiger partial charge is 0.342 e. The van der Waals surface area contributed by atoms with Gasteiger partial charge < -0.3 is 10.1 Å². The number of nitrogens with one attached hydrogen (secondary N) is 1. The van der Waals surface area contributed by atoms with Crippen molar-refractivity contribution in [1.29, 1.82) is 0 Å². The molecule has 0 aliphatic carbocycles. The average Bonchev–Trinajstić information content (AvgIpc) is 2.82. The Morgan fingerprint density at radius 2 is 1.59 bits per heavy atom. The first-order valence-electron chi connectivity index (χ1n) is 10.3. The van der Waals surface area contributed by atoms with E-state index in [9.17, 15) is 4.79 Å². The van der Waals surface area contributed by atoms with Crippen LogP contribution in [0.25, 0.3) is 22.4 Å². The molecule has 3 aromatic carbocycles. The lowest BCUT2D eigenvalue weighted by molar-refractivity contribution is 0.0528. The molecule has 6 heteroatoms. The van der Waals surface area contributed by atoms with Crippen LogP contribution in [0.3, 0.4) is 0 Å². The summed E-state index contributed by atoms with van der Waals surface area (Å²) in [5, 5.41) is 12.2. The first kappa shape index (κ1) is 21.7. The van der Waals surface area contributed by atoms with Crippen LogP contribution in [0.5, 0.6) is 0 Å². The van der Waals surface area contributed by atoms with Crippen molar-refractivity contribution in [3.63, 3.8) is 0 Å². The minimum Gasteiger partial charge on any atom is -0.462 e. The van der Waals surface area contributed by atoms with Gasteiger partial charge in [-0.3, -0.25) is 0 Å². The Kier molecular flexibility index (Phi) is 6.61. The van der Waals surface area contributed by atoms with Gasteiger partial charge in [0.25, 0.3) is 0 Å². The molecule has 1 aromatic heterocycles. The van der Waals surface area contributed by atoms with Crippen LogP contribution in [-0.4, -0.2) is 22.8 Å². The van der Waals surface area contributed by atoms with Crippen LogP contribution in [0.4, 0.5) is 11.5 Å². The third-order valence-electron chi connectivity index (χ3n) is 5.00. The molecular formula is C26H22BrN3O2. The van der Waals surface area contributed by atoms with Crippen LogP contribution < -0.4 is 5.32 Å². The Morgan fingerprint density at radius 3 is 2.22 bits per heavy atom. The second-order valence-corrected chi connectivity index (χ2v) is 8.04. The van der Waals surface area contributed by atoms with Crippen molar-refractivity contribution in [1.82, 2.24) is 10.2 Å². The number of aryl methyl sites for hydroxylation is 1. The van der Waals surface area contributed by atoms with E-state index in [0.29, 0.717) is 22.6 Å². The molecule has 0 aliphatic rings. The van der Waals surface area contributed by atoms with Gasteiger partial charge in [-0.05, 0) is 37.1 Å². The summed E-state index contributed by atoms with van der Waals surface area (Å²) in [7, 11) is 0. The number of anilines is 2. The van der Waals surface area contributed by atoms with Gasteiger partial charge in [-0.15, -0.1) is 10.2 Å². The van der Waals surface area contributed by atoms with E-state index >= 15 is 0 Å². The molecule has 0 atom stereocenters. The third kappa shape index (κ3) is 4.55. The fourth-order valence-corrected chi connectivity index (χ4v) is 3.80. The van der Waals surface area contributed by atoms with Gasteiger partial charge in [-0.25, -0.2) is 4.79 Å². The molecule has 0 saturated carbocycles. The Balaban J connectivity index is 1.96. The Labute approximate surface area is 195 Å². The normalized spacial score (nSPS) is 10.6. The fraction of sp³-hybridized carbons (Fsp3) is 0.115. The van der Waals surface area contributed by atoms with Crippen molar-refractivity contribution < 1.29 is 9.53 Å². The minimum atomic E-state index is -0.452. The molecule has 160 valence electrons. The number of aromatic nitrogens is 2. The summed E-state index contributed by atoms with van der Waals surface area (Å²) in [4.78, 5) is 13.2. The van der Waals surface area contributed by atoms with Gasteiger partial charge in [-0.1, -0.05) is 82.7 Å². The number of esters is 1. The number of carbonyl (C=O) groups excluding carboxylic acids is 1.